The van der Waals surface area contributed by atoms with Crippen LogP contribution in [0.5, 0.6) is 0 Å². The second-order valence-corrected chi connectivity index (χ2v) is 11.0. The summed E-state index contributed by atoms with van der Waals surface area (Å²) in [6.45, 7) is 9.01. The van der Waals surface area contributed by atoms with Crippen LogP contribution in [0.3, 0.4) is 0 Å². The summed E-state index contributed by atoms with van der Waals surface area (Å²) in [6, 6.07) is 13.2. The van der Waals surface area contributed by atoms with Gasteiger partial charge in [0.25, 0.3) is 0 Å². The first-order chi connectivity index (χ1) is 12.0. The standard InChI is InChI=1S/C11H12P.C10H15.2ClH.Ti/c1-12(2)11-7-9-5-3-4-6-10(9)8-11;1-3-4-7-10-8-5-6-9(10)2;;;/h3-8H,1-2H3;6H,3-5,7H2,1-2H3;2*1H;/q2*-1;;;+2/p-2. The number of hydrogen-bond donors (Lipinski definition) is 0. The zero-order valence-corrected chi connectivity index (χ0v) is 19.5. The minimum absolute atomic E-state index is 0.0576. The van der Waals surface area contributed by atoms with E-state index in [9.17, 15) is 0 Å². The molecule has 0 atom stereocenters. The van der Waals surface area contributed by atoms with Crippen molar-refractivity contribution in [3.63, 3.8) is 0 Å². The van der Waals surface area contributed by atoms with Crippen LogP contribution in [0.4, 0.5) is 0 Å². The van der Waals surface area contributed by atoms with Crippen LogP contribution in [0.2, 0.25) is 0 Å². The summed E-state index contributed by atoms with van der Waals surface area (Å²) in [6.07, 6.45) is 10.5. The summed E-state index contributed by atoms with van der Waals surface area (Å²) in [4.78, 5) is 0. The summed E-state index contributed by atoms with van der Waals surface area (Å²) in [5.41, 5.74) is 2.91. The third-order valence-electron chi connectivity index (χ3n) is 4.10. The molecule has 0 aliphatic heterocycles. The Balaban J connectivity index is 0.000000220. The van der Waals surface area contributed by atoms with Crippen LogP contribution in [-0.2, 0) is 17.0 Å². The molecule has 3 rings (SSSR count). The van der Waals surface area contributed by atoms with Gasteiger partial charge in [0.2, 0.25) is 0 Å². The number of unbranched alkanes of at least 4 members (excludes halogenated alkanes) is 1. The molecule has 0 unspecified atom stereocenters. The molecule has 0 aromatic heterocycles. The number of halogens is 2. The van der Waals surface area contributed by atoms with Crippen LogP contribution in [0.25, 0.3) is 10.8 Å². The van der Waals surface area contributed by atoms with Crippen molar-refractivity contribution in [2.45, 2.75) is 39.5 Å². The van der Waals surface area contributed by atoms with Crippen molar-refractivity contribution in [1.82, 2.24) is 0 Å². The first kappa shape index (κ1) is 23.1. The maximum atomic E-state index is 4.89. The number of rotatable bonds is 4. The van der Waals surface area contributed by atoms with Gasteiger partial charge >= 0.3 is 35.6 Å². The van der Waals surface area contributed by atoms with Crippen molar-refractivity contribution in [3.05, 3.63) is 59.7 Å². The zero-order chi connectivity index (χ0) is 18.7. The molecule has 0 spiro atoms. The fraction of sp³-hybridized carbons (Fsp3) is 0.381. The van der Waals surface area contributed by atoms with Crippen LogP contribution < -0.4 is 5.30 Å². The van der Waals surface area contributed by atoms with E-state index in [1.807, 2.05) is 0 Å². The van der Waals surface area contributed by atoms with Gasteiger partial charge in [-0.1, -0.05) is 32.3 Å². The van der Waals surface area contributed by atoms with Gasteiger partial charge in [-0.25, -0.2) is 11.1 Å². The first-order valence-corrected chi connectivity index (χ1v) is 15.1. The third kappa shape index (κ3) is 8.51. The Morgan fingerprint density at radius 2 is 1.92 bits per heavy atom. The maximum absolute atomic E-state index is 4.89. The molecule has 2 aromatic carbocycles. The summed E-state index contributed by atoms with van der Waals surface area (Å²) < 4.78 is 0. The number of hydrogen-bond acceptors (Lipinski definition) is 0. The molecule has 0 amide bonds. The second kappa shape index (κ2) is 13.2. The second-order valence-electron chi connectivity index (χ2n) is 6.16. The normalized spacial score (nSPS) is 12.8. The topological polar surface area (TPSA) is 0 Å². The predicted octanol–water partition coefficient (Wildman–Crippen LogP) is 7.56. The molecule has 0 fully saturated rings. The van der Waals surface area contributed by atoms with Crippen molar-refractivity contribution in [2.24, 2.45) is 0 Å². The van der Waals surface area contributed by atoms with Crippen molar-refractivity contribution in [2.75, 3.05) is 13.3 Å². The number of benzene rings is 1. The fourth-order valence-electron chi connectivity index (χ4n) is 2.62. The Labute approximate surface area is 171 Å². The van der Waals surface area contributed by atoms with Crippen LogP contribution >= 0.6 is 26.5 Å². The molecular weight excluding hydrogens is 402 g/mol. The molecule has 2 aromatic rings. The Morgan fingerprint density at radius 1 is 1.24 bits per heavy atom. The third-order valence-corrected chi connectivity index (χ3v) is 5.39. The van der Waals surface area contributed by atoms with Gasteiger partial charge in [-0.15, -0.1) is 61.6 Å². The molecule has 4 heteroatoms. The predicted molar refractivity (Wildman–Crippen MR) is 114 cm³/mol. The molecular formula is C21H27Cl2PTi-2. The van der Waals surface area contributed by atoms with Crippen LogP contribution in [0.1, 0.15) is 39.5 Å². The molecule has 1 aliphatic rings. The van der Waals surface area contributed by atoms with E-state index in [0.717, 1.165) is 6.42 Å². The van der Waals surface area contributed by atoms with Gasteiger partial charge in [-0.2, -0.15) is 12.1 Å². The Morgan fingerprint density at radius 3 is 2.44 bits per heavy atom. The Hall–Kier alpha value is 0.0343. The molecule has 0 bridgehead atoms. The SMILES string of the molecule is CCCCC1=[C-]CC=C1C.CP(C)c1cc2ccccc2[cH-]1.[Cl][Ti][Cl]. The summed E-state index contributed by atoms with van der Waals surface area (Å²) in [5.74, 6) is 0. The number of allylic oxidation sites excluding steroid dienone is 4. The van der Waals surface area contributed by atoms with Gasteiger partial charge in [0.1, 0.15) is 0 Å². The van der Waals surface area contributed by atoms with Crippen molar-refractivity contribution >= 4 is 42.6 Å². The van der Waals surface area contributed by atoms with E-state index in [4.69, 9.17) is 18.6 Å². The Bertz CT molecular complexity index is 653. The van der Waals surface area contributed by atoms with E-state index in [1.165, 1.54) is 46.5 Å². The van der Waals surface area contributed by atoms with E-state index < -0.39 is 17.0 Å². The van der Waals surface area contributed by atoms with E-state index in [-0.39, 0.29) is 7.92 Å². The Kier molecular flexibility index (Phi) is 12.2. The van der Waals surface area contributed by atoms with Crippen LogP contribution in [0, 0.1) is 6.08 Å². The van der Waals surface area contributed by atoms with Crippen molar-refractivity contribution < 1.29 is 17.0 Å². The van der Waals surface area contributed by atoms with Crippen LogP contribution in [0.15, 0.2) is 53.6 Å². The fourth-order valence-corrected chi connectivity index (χ4v) is 3.42. The van der Waals surface area contributed by atoms with Gasteiger partial charge in [-0.05, 0) is 13.3 Å². The van der Waals surface area contributed by atoms with E-state index in [2.05, 4.69) is 75.7 Å². The minimum atomic E-state index is -0.556. The molecule has 0 saturated heterocycles. The molecule has 0 saturated carbocycles. The molecule has 0 radical (unpaired) electrons. The molecule has 0 heterocycles. The van der Waals surface area contributed by atoms with Gasteiger partial charge in [0.05, 0.1) is 0 Å². The summed E-state index contributed by atoms with van der Waals surface area (Å²) in [7, 11) is 9.84. The molecule has 0 N–H and O–H groups in total. The molecule has 136 valence electrons. The quantitative estimate of drug-likeness (QED) is 0.267. The average molecular weight is 429 g/mol. The molecule has 25 heavy (non-hydrogen) atoms. The van der Waals surface area contributed by atoms with Gasteiger partial charge in [-0.3, -0.25) is 6.08 Å². The van der Waals surface area contributed by atoms with Crippen LogP contribution in [-0.4, -0.2) is 13.3 Å². The number of fused-ring (bicyclic) bond motifs is 1. The van der Waals surface area contributed by atoms with Crippen molar-refractivity contribution in [1.29, 1.82) is 0 Å². The van der Waals surface area contributed by atoms with Gasteiger partial charge in [0.15, 0.2) is 0 Å². The summed E-state index contributed by atoms with van der Waals surface area (Å²) in [5, 5.41) is 4.26. The van der Waals surface area contributed by atoms with E-state index in [1.54, 1.807) is 0 Å². The van der Waals surface area contributed by atoms with E-state index in [0.29, 0.717) is 0 Å². The van der Waals surface area contributed by atoms with E-state index >= 15 is 0 Å². The molecule has 1 aliphatic carbocycles. The molecule has 0 nitrogen and oxygen atoms in total. The zero-order valence-electron chi connectivity index (χ0n) is 15.6. The monoisotopic (exact) mass is 428 g/mol. The van der Waals surface area contributed by atoms with Gasteiger partial charge in [0, 0.05) is 0 Å². The van der Waals surface area contributed by atoms with Crippen molar-refractivity contribution in [3.8, 4) is 0 Å². The first-order valence-electron chi connectivity index (χ1n) is 8.59. The van der Waals surface area contributed by atoms with Gasteiger partial charge < -0.3 is 0 Å². The summed E-state index contributed by atoms with van der Waals surface area (Å²) >= 11 is -0.556. The average Bonchev–Trinajstić information content (AvgIpc) is 3.20.